The van der Waals surface area contributed by atoms with Gasteiger partial charge in [0.2, 0.25) is 11.9 Å². The molecule has 2 aromatic heterocycles. The molecule has 4 N–H and O–H groups in total. The minimum absolute atomic E-state index is 0. The number of nitrogens with zero attached hydrogens (tertiary/aromatic N) is 6. The Balaban J connectivity index is 0.000000233. The van der Waals surface area contributed by atoms with Gasteiger partial charge in [0, 0.05) is 54.8 Å². The summed E-state index contributed by atoms with van der Waals surface area (Å²) in [7, 11) is -0.495. The van der Waals surface area contributed by atoms with Gasteiger partial charge in [0.15, 0.2) is 0 Å². The van der Waals surface area contributed by atoms with Gasteiger partial charge in [-0.15, -0.1) is 0 Å². The number of aromatic nitrogens is 4. The van der Waals surface area contributed by atoms with Gasteiger partial charge in [0.1, 0.15) is 36.2 Å². The molecule has 25 heteroatoms. The second kappa shape index (κ2) is 32.1. The van der Waals surface area contributed by atoms with Gasteiger partial charge in [-0.3, -0.25) is 19.4 Å². The van der Waals surface area contributed by atoms with E-state index in [0.29, 0.717) is 50.8 Å². The molecule has 82 heavy (non-hydrogen) atoms. The van der Waals surface area contributed by atoms with Crippen LogP contribution in [0.25, 0.3) is 11.1 Å². The summed E-state index contributed by atoms with van der Waals surface area (Å²) in [6, 6.07) is 27.6. The summed E-state index contributed by atoms with van der Waals surface area (Å²) in [5.74, 6) is 0.909. The zero-order valence-corrected chi connectivity index (χ0v) is 49.2. The fraction of sp³-hybridized carbons (Fsp3) is 0.404. The van der Waals surface area contributed by atoms with E-state index < -0.39 is 43.5 Å². The van der Waals surface area contributed by atoms with Crippen LogP contribution in [0.3, 0.4) is 0 Å². The number of anilines is 4. The number of carboxylic acids is 2. The molecule has 0 radical (unpaired) electrons. The van der Waals surface area contributed by atoms with Crippen molar-refractivity contribution in [1.82, 2.24) is 29.7 Å². The van der Waals surface area contributed by atoms with E-state index in [1.807, 2.05) is 76.2 Å². The minimum Gasteiger partial charge on any atom is -0.492 e. The summed E-state index contributed by atoms with van der Waals surface area (Å²) in [5, 5.41) is 24.3. The normalized spacial score (nSPS) is 16.0. The molecule has 0 atom stereocenters. The predicted octanol–water partition coefficient (Wildman–Crippen LogP) is 8.05. The number of nitrogens with one attached hydrogen (secondary N) is 2. The maximum absolute atomic E-state index is 12.3. The fourth-order valence-corrected chi connectivity index (χ4v) is 8.66. The molecular formula is C57H68BBrF4N8NaO10+. The van der Waals surface area contributed by atoms with Crippen LogP contribution < -0.4 is 64.6 Å². The van der Waals surface area contributed by atoms with Gasteiger partial charge < -0.3 is 49.1 Å². The molecule has 9 rings (SSSR count). The molecule has 434 valence electrons. The van der Waals surface area contributed by atoms with Crippen LogP contribution in [-0.4, -0.2) is 136 Å². The molecule has 18 nitrogen and oxygen atoms in total. The van der Waals surface area contributed by atoms with Crippen LogP contribution in [0.4, 0.5) is 40.8 Å². The first kappa shape index (κ1) is 66.7. The molecule has 3 fully saturated rings. The van der Waals surface area contributed by atoms with Crippen molar-refractivity contribution in [3.8, 4) is 34.1 Å². The Morgan fingerprint density at radius 3 is 1.32 bits per heavy atom. The second-order valence-corrected chi connectivity index (χ2v) is 20.8. The number of halogens is 5. The Bertz CT molecular complexity index is 2850. The molecule has 0 spiro atoms. The zero-order valence-electron chi connectivity index (χ0n) is 45.7. The van der Waals surface area contributed by atoms with E-state index in [0.717, 1.165) is 83.2 Å². The van der Waals surface area contributed by atoms with Crippen molar-refractivity contribution in [3.63, 3.8) is 0 Å². The Hall–Kier alpha value is -6.12. The van der Waals surface area contributed by atoms with Gasteiger partial charge in [-0.05, 0) is 179 Å². The van der Waals surface area contributed by atoms with E-state index in [4.69, 9.17) is 29.0 Å². The van der Waals surface area contributed by atoms with Crippen molar-refractivity contribution in [2.24, 2.45) is 11.8 Å². The number of alkyl halides is 4. The van der Waals surface area contributed by atoms with Crippen molar-refractivity contribution >= 4 is 63.7 Å². The molecular weight excluding hydrogens is 1150 g/mol. The smallest absolute Gasteiger partial charge is 0.492 e. The van der Waals surface area contributed by atoms with E-state index in [2.05, 4.69) is 65.8 Å². The van der Waals surface area contributed by atoms with Crippen LogP contribution in [0.2, 0.25) is 0 Å². The van der Waals surface area contributed by atoms with Gasteiger partial charge in [0.05, 0.1) is 27.5 Å². The molecule has 6 aromatic rings. The predicted molar refractivity (Wildman–Crippen MR) is 303 cm³/mol. The van der Waals surface area contributed by atoms with Crippen LogP contribution in [0.1, 0.15) is 60.8 Å². The topological polar surface area (TPSA) is 212 Å². The maximum atomic E-state index is 12.3. The number of rotatable bonds is 20. The van der Waals surface area contributed by atoms with Crippen LogP contribution in [0.5, 0.6) is 23.0 Å². The van der Waals surface area contributed by atoms with Crippen molar-refractivity contribution in [2.75, 3.05) is 63.1 Å². The van der Waals surface area contributed by atoms with E-state index in [1.54, 1.807) is 49.1 Å². The third-order valence-corrected chi connectivity index (χ3v) is 14.2. The third kappa shape index (κ3) is 20.9. The quantitative estimate of drug-likeness (QED) is 0.0421. The number of hydrogen-bond acceptors (Lipinski definition) is 16. The summed E-state index contributed by atoms with van der Waals surface area (Å²) in [4.78, 5) is 43.4. The molecule has 3 aliphatic rings. The van der Waals surface area contributed by atoms with Crippen LogP contribution in [-0.2, 0) is 18.9 Å². The SMILES string of the molecule is C.CC1(C)OB(c2ccc(OC(F)F)cc2)OC1(C)C.O=C(O)C1CCN(CCOc2ccc(Nc3ncc(-c4ccc(OC(F)F)cc4)cn3)cc2)CC1.O=C(O)C1CCN(CCOc2ccc(Nc3ncc(Br)cn3)cc2)CC1.[Na+]. The van der Waals surface area contributed by atoms with E-state index in [9.17, 15) is 27.2 Å². The Kier molecular flexibility index (Phi) is 26.1. The van der Waals surface area contributed by atoms with Gasteiger partial charge in [0.25, 0.3) is 0 Å². The van der Waals surface area contributed by atoms with Gasteiger partial charge in [-0.1, -0.05) is 31.7 Å². The van der Waals surface area contributed by atoms with Gasteiger partial charge >= 0.3 is 61.8 Å². The molecule has 3 saturated heterocycles. The van der Waals surface area contributed by atoms with E-state index in [1.165, 1.54) is 24.3 Å². The van der Waals surface area contributed by atoms with Crippen molar-refractivity contribution < 1.29 is 95.2 Å². The molecule has 3 aliphatic heterocycles. The number of carbonyl (C=O) groups is 2. The molecule has 0 bridgehead atoms. The molecule has 5 heterocycles. The Labute approximate surface area is 506 Å². The molecule has 4 aromatic carbocycles. The number of piperidine rings is 2. The van der Waals surface area contributed by atoms with E-state index in [-0.39, 0.29) is 60.3 Å². The first-order chi connectivity index (χ1) is 38.3. The summed E-state index contributed by atoms with van der Waals surface area (Å²) in [6.45, 7) is 8.03. The summed E-state index contributed by atoms with van der Waals surface area (Å²) < 4.78 is 81.5. The average molecular weight is 1210 g/mol. The minimum atomic E-state index is -2.86. The Morgan fingerprint density at radius 1 is 0.598 bits per heavy atom. The number of hydrogen-bond donors (Lipinski definition) is 4. The molecule has 0 unspecified atom stereocenters. The number of aliphatic carboxylic acids is 2. The number of ether oxygens (including phenoxy) is 4. The molecule has 0 aliphatic carbocycles. The maximum Gasteiger partial charge on any atom is 1.00 e. The monoisotopic (exact) mass is 1210 g/mol. The van der Waals surface area contributed by atoms with Crippen LogP contribution in [0.15, 0.2) is 126 Å². The zero-order chi connectivity index (χ0) is 57.2. The first-order valence-electron chi connectivity index (χ1n) is 25.9. The largest absolute Gasteiger partial charge is 1.00 e. The fourth-order valence-electron chi connectivity index (χ4n) is 8.45. The van der Waals surface area contributed by atoms with Crippen molar-refractivity contribution in [2.45, 2.75) is 85.2 Å². The van der Waals surface area contributed by atoms with Crippen molar-refractivity contribution in [1.29, 1.82) is 0 Å². The first-order valence-corrected chi connectivity index (χ1v) is 26.7. The number of benzene rings is 4. The third-order valence-electron chi connectivity index (χ3n) is 13.8. The van der Waals surface area contributed by atoms with Crippen LogP contribution >= 0.6 is 15.9 Å². The average Bonchev–Trinajstić information content (AvgIpc) is 3.91. The summed E-state index contributed by atoms with van der Waals surface area (Å²) in [5.41, 5.74) is 3.15. The second-order valence-electron chi connectivity index (χ2n) is 19.9. The van der Waals surface area contributed by atoms with E-state index >= 15 is 0 Å². The van der Waals surface area contributed by atoms with Crippen LogP contribution in [0, 0.1) is 11.8 Å². The standard InChI is InChI=1S/C25H26F2N4O4.C18H21BrN4O3.C13H17BF2O3.CH4.Na/c26-24(27)35-22-5-1-17(2-6-22)19-15-28-25(29-16-19)30-20-3-7-21(8-4-20)34-14-13-31-11-9-18(10-12-31)23(32)33;19-14-11-20-18(21-12-14)22-15-1-3-16(4-2-15)26-10-9-23-7-5-13(6-8-23)17(24)25;1-12(2)13(3,4)19-14(18-12)9-5-7-10(8-6-9)17-11(15)16;;/h1-8,15-16,18,24H,9-14H2,(H,32,33)(H,28,29,30);1-4,11-13H,5-10H2,(H,24,25)(H,20,21,22);5-8,11H,1-4H3;1H4;/q;;;;+1. The summed E-state index contributed by atoms with van der Waals surface area (Å²) in [6.07, 6.45) is 9.46. The summed E-state index contributed by atoms with van der Waals surface area (Å²) >= 11 is 3.30. The number of likely N-dealkylation sites (tertiary alicyclic amines) is 2. The van der Waals surface area contributed by atoms with Gasteiger partial charge in [-0.2, -0.15) is 17.6 Å². The van der Waals surface area contributed by atoms with Crippen molar-refractivity contribution in [3.05, 3.63) is 126 Å². The molecule has 0 amide bonds. The van der Waals surface area contributed by atoms with Gasteiger partial charge in [-0.25, -0.2) is 19.9 Å². The molecule has 0 saturated carbocycles. The Morgan fingerprint density at radius 2 is 0.951 bits per heavy atom. The number of carboxylic acid groups (broad SMARTS) is 2.